The minimum atomic E-state index is -0.541. The standard InChI is InChI=1S/C9H13N3O2S/c1-9(2,3)14-8(13)10-6-4-5-7(15)12-11-6/h4H,5H2,1-3H3,(H,10,13). The van der Waals surface area contributed by atoms with Crippen molar-refractivity contribution in [3.63, 3.8) is 0 Å². The summed E-state index contributed by atoms with van der Waals surface area (Å²) in [6, 6.07) is 0. The molecule has 0 unspecified atom stereocenters. The molecule has 1 aliphatic rings. The number of alkyl carbamates (subject to hydrolysis) is 1. The van der Waals surface area contributed by atoms with Gasteiger partial charge in [-0.1, -0.05) is 12.2 Å². The molecule has 0 bridgehead atoms. The summed E-state index contributed by atoms with van der Waals surface area (Å²) in [6.45, 7) is 5.37. The molecule has 82 valence electrons. The number of ether oxygens (including phenoxy) is 1. The molecule has 1 rings (SSSR count). The third-order valence-electron chi connectivity index (χ3n) is 1.37. The van der Waals surface area contributed by atoms with Gasteiger partial charge < -0.3 is 4.74 Å². The fourth-order valence-electron chi connectivity index (χ4n) is 0.859. The summed E-state index contributed by atoms with van der Waals surface area (Å²) >= 11 is 4.81. The van der Waals surface area contributed by atoms with Crippen LogP contribution < -0.4 is 5.32 Å². The molecule has 1 heterocycles. The molecule has 0 radical (unpaired) electrons. The van der Waals surface area contributed by atoms with Gasteiger partial charge in [0.25, 0.3) is 0 Å². The highest BCUT2D eigenvalue weighted by atomic mass is 32.1. The highest BCUT2D eigenvalue weighted by molar-refractivity contribution is 7.80. The molecule has 0 aliphatic carbocycles. The van der Waals surface area contributed by atoms with Crippen LogP contribution in [-0.2, 0) is 4.74 Å². The quantitative estimate of drug-likeness (QED) is 0.700. The van der Waals surface area contributed by atoms with Gasteiger partial charge in [0.1, 0.15) is 10.6 Å². The first-order valence-electron chi connectivity index (χ1n) is 4.51. The number of carbonyl (C=O) groups excluding carboxylic acids is 1. The van der Waals surface area contributed by atoms with E-state index in [-0.39, 0.29) is 0 Å². The van der Waals surface area contributed by atoms with Crippen LogP contribution in [0.15, 0.2) is 22.1 Å². The van der Waals surface area contributed by atoms with Crippen molar-refractivity contribution in [2.75, 3.05) is 0 Å². The van der Waals surface area contributed by atoms with Gasteiger partial charge in [-0.05, 0) is 26.8 Å². The number of rotatable bonds is 1. The minimum absolute atomic E-state index is 0.373. The third-order valence-corrected chi connectivity index (χ3v) is 1.62. The summed E-state index contributed by atoms with van der Waals surface area (Å²) in [7, 11) is 0. The second kappa shape index (κ2) is 4.48. The first-order chi connectivity index (χ1) is 6.87. The number of carbonyl (C=O) groups is 1. The molecule has 0 atom stereocenters. The Morgan fingerprint density at radius 2 is 2.20 bits per heavy atom. The Hall–Kier alpha value is -1.30. The molecular formula is C9H13N3O2S. The van der Waals surface area contributed by atoms with E-state index in [1.807, 2.05) is 0 Å². The lowest BCUT2D eigenvalue weighted by molar-refractivity contribution is 0.0544. The molecule has 0 fully saturated rings. The van der Waals surface area contributed by atoms with E-state index in [0.717, 1.165) is 0 Å². The molecule has 0 aromatic heterocycles. The number of thiocarbonyl (C=S) groups is 1. The number of hydrogen-bond donors (Lipinski definition) is 1. The molecule has 0 aromatic carbocycles. The van der Waals surface area contributed by atoms with Crippen LogP contribution in [0.1, 0.15) is 27.2 Å². The molecule has 1 amide bonds. The Kier molecular flexibility index (Phi) is 3.52. The summed E-state index contributed by atoms with van der Waals surface area (Å²) in [5.41, 5.74) is -0.522. The van der Waals surface area contributed by atoms with Crippen molar-refractivity contribution in [2.24, 2.45) is 10.2 Å². The average Bonchev–Trinajstić information content (AvgIpc) is 2.05. The first-order valence-corrected chi connectivity index (χ1v) is 4.92. The lowest BCUT2D eigenvalue weighted by Crippen LogP contribution is -2.32. The molecule has 0 saturated carbocycles. The summed E-state index contributed by atoms with van der Waals surface area (Å²) in [5, 5.41) is 9.87. The van der Waals surface area contributed by atoms with Crippen LogP contribution in [0.5, 0.6) is 0 Å². The second-order valence-corrected chi connectivity index (χ2v) is 4.49. The molecule has 0 spiro atoms. The number of nitrogens with zero attached hydrogens (tertiary/aromatic N) is 2. The molecule has 1 aliphatic heterocycles. The van der Waals surface area contributed by atoms with Crippen molar-refractivity contribution >= 4 is 23.3 Å². The zero-order chi connectivity index (χ0) is 11.5. The van der Waals surface area contributed by atoms with Crippen LogP contribution in [0, 0.1) is 0 Å². The molecule has 0 saturated heterocycles. The second-order valence-electron chi connectivity index (χ2n) is 4.01. The van der Waals surface area contributed by atoms with Gasteiger partial charge in [0.2, 0.25) is 0 Å². The van der Waals surface area contributed by atoms with E-state index in [1.54, 1.807) is 26.8 Å². The highest BCUT2D eigenvalue weighted by Crippen LogP contribution is 2.10. The maximum absolute atomic E-state index is 11.3. The fraction of sp³-hybridized carbons (Fsp3) is 0.556. The molecule has 1 N–H and O–H groups in total. The van der Waals surface area contributed by atoms with Crippen LogP contribution >= 0.6 is 12.2 Å². The minimum Gasteiger partial charge on any atom is -0.444 e. The summed E-state index contributed by atoms with van der Waals surface area (Å²) in [4.78, 5) is 11.8. The van der Waals surface area contributed by atoms with Crippen molar-refractivity contribution in [2.45, 2.75) is 32.8 Å². The molecule has 5 nitrogen and oxygen atoms in total. The lowest BCUT2D eigenvalue weighted by Gasteiger charge is -2.19. The Bertz CT molecular complexity index is 342. The zero-order valence-corrected chi connectivity index (χ0v) is 9.72. The van der Waals surface area contributed by atoms with Crippen molar-refractivity contribution < 1.29 is 9.53 Å². The van der Waals surface area contributed by atoms with Crippen molar-refractivity contribution in [1.29, 1.82) is 0 Å². The van der Waals surface area contributed by atoms with Gasteiger partial charge >= 0.3 is 6.09 Å². The zero-order valence-electron chi connectivity index (χ0n) is 8.90. The van der Waals surface area contributed by atoms with Gasteiger partial charge in [0.15, 0.2) is 5.82 Å². The lowest BCUT2D eigenvalue weighted by atomic mass is 10.2. The van der Waals surface area contributed by atoms with Gasteiger partial charge in [-0.2, -0.15) is 0 Å². The topological polar surface area (TPSA) is 63.0 Å². The Morgan fingerprint density at radius 1 is 1.53 bits per heavy atom. The monoisotopic (exact) mass is 227 g/mol. The number of nitrogens with one attached hydrogen (secondary N) is 1. The largest absolute Gasteiger partial charge is 0.444 e. The van der Waals surface area contributed by atoms with E-state index in [2.05, 4.69) is 15.5 Å². The van der Waals surface area contributed by atoms with Crippen molar-refractivity contribution in [3.05, 3.63) is 11.9 Å². The Morgan fingerprint density at radius 3 is 2.67 bits per heavy atom. The molecule has 6 heteroatoms. The van der Waals surface area contributed by atoms with Crippen LogP contribution in [0.3, 0.4) is 0 Å². The number of hydrogen-bond acceptors (Lipinski definition) is 4. The maximum atomic E-state index is 11.3. The number of azo groups is 1. The van der Waals surface area contributed by atoms with E-state index in [0.29, 0.717) is 17.2 Å². The van der Waals surface area contributed by atoms with E-state index in [9.17, 15) is 4.79 Å². The molecular weight excluding hydrogens is 214 g/mol. The predicted molar refractivity (Wildman–Crippen MR) is 59.5 cm³/mol. The van der Waals surface area contributed by atoms with Crippen molar-refractivity contribution in [1.82, 2.24) is 5.32 Å². The van der Waals surface area contributed by atoms with Gasteiger partial charge in [-0.3, -0.25) is 5.32 Å². The van der Waals surface area contributed by atoms with Gasteiger partial charge in [-0.15, -0.1) is 10.2 Å². The van der Waals surface area contributed by atoms with E-state index in [1.165, 1.54) is 0 Å². The summed E-state index contributed by atoms with van der Waals surface area (Å²) in [6.07, 6.45) is 1.67. The maximum Gasteiger partial charge on any atom is 0.413 e. The van der Waals surface area contributed by atoms with E-state index < -0.39 is 11.7 Å². The van der Waals surface area contributed by atoms with Gasteiger partial charge in [0, 0.05) is 6.42 Å². The van der Waals surface area contributed by atoms with Crippen LogP contribution in [0.4, 0.5) is 4.79 Å². The smallest absolute Gasteiger partial charge is 0.413 e. The Balaban J connectivity index is 2.47. The van der Waals surface area contributed by atoms with Gasteiger partial charge in [-0.25, -0.2) is 4.79 Å². The van der Waals surface area contributed by atoms with Crippen LogP contribution in [0.25, 0.3) is 0 Å². The normalized spacial score (nSPS) is 15.9. The molecule has 15 heavy (non-hydrogen) atoms. The van der Waals surface area contributed by atoms with Gasteiger partial charge in [0.05, 0.1) is 0 Å². The van der Waals surface area contributed by atoms with E-state index in [4.69, 9.17) is 17.0 Å². The average molecular weight is 227 g/mol. The predicted octanol–water partition coefficient (Wildman–Crippen LogP) is 2.54. The van der Waals surface area contributed by atoms with Crippen molar-refractivity contribution in [3.8, 4) is 0 Å². The third kappa shape index (κ3) is 4.64. The highest BCUT2D eigenvalue weighted by Gasteiger charge is 2.17. The molecule has 0 aromatic rings. The van der Waals surface area contributed by atoms with Crippen LogP contribution in [-0.4, -0.2) is 16.7 Å². The number of amides is 1. The Labute approximate surface area is 93.6 Å². The SMILES string of the molecule is CC(C)(C)OC(=O)NC1=CCC(=S)N=N1. The first kappa shape index (κ1) is 11.8. The fourth-order valence-corrected chi connectivity index (χ4v) is 0.984. The van der Waals surface area contributed by atoms with Crippen LogP contribution in [0.2, 0.25) is 0 Å². The summed E-state index contributed by atoms with van der Waals surface area (Å²) < 4.78 is 5.04. The van der Waals surface area contributed by atoms with E-state index >= 15 is 0 Å². The summed E-state index contributed by atoms with van der Waals surface area (Å²) in [5.74, 6) is 0.373.